The minimum absolute atomic E-state index is 0.00885. The molecule has 1 fully saturated rings. The van der Waals surface area contributed by atoms with E-state index >= 15 is 0 Å². The number of amides is 1. The third kappa shape index (κ3) is 4.40. The highest BCUT2D eigenvalue weighted by Crippen LogP contribution is 2.22. The summed E-state index contributed by atoms with van der Waals surface area (Å²) in [6.45, 7) is 2.66. The quantitative estimate of drug-likeness (QED) is 0.649. The van der Waals surface area contributed by atoms with Crippen LogP contribution in [0.3, 0.4) is 0 Å². The van der Waals surface area contributed by atoms with Crippen LogP contribution in [-0.4, -0.2) is 37.0 Å². The van der Waals surface area contributed by atoms with E-state index in [9.17, 15) is 9.18 Å². The Morgan fingerprint density at radius 2 is 1.48 bits per heavy atom. The Kier molecular flexibility index (Phi) is 5.75. The largest absolute Gasteiger partial charge is 0.489 e. The molecule has 5 heteroatoms. The van der Waals surface area contributed by atoms with Crippen molar-refractivity contribution < 1.29 is 13.9 Å². The van der Waals surface area contributed by atoms with Crippen LogP contribution in [0, 0.1) is 5.82 Å². The standard InChI is InChI=1S/C24H23FN2O2/c25-22-12-6-7-13-23(22)26-14-16-27(17-15-26)24(28)21-11-5-4-8-19(21)18-29-20-9-2-1-3-10-20/h1-13H,14-18H2. The smallest absolute Gasteiger partial charge is 0.254 e. The van der Waals surface area contributed by atoms with Crippen molar-refractivity contribution >= 4 is 11.6 Å². The number of benzene rings is 3. The van der Waals surface area contributed by atoms with Crippen LogP contribution in [0.4, 0.5) is 10.1 Å². The topological polar surface area (TPSA) is 32.8 Å². The average Bonchev–Trinajstić information content (AvgIpc) is 2.79. The first-order valence-electron chi connectivity index (χ1n) is 9.77. The molecule has 0 saturated carbocycles. The Morgan fingerprint density at radius 3 is 2.24 bits per heavy atom. The van der Waals surface area contributed by atoms with Crippen LogP contribution in [0.15, 0.2) is 78.9 Å². The van der Waals surface area contributed by atoms with Gasteiger partial charge in [0.25, 0.3) is 5.91 Å². The van der Waals surface area contributed by atoms with Crippen molar-refractivity contribution in [3.63, 3.8) is 0 Å². The van der Waals surface area contributed by atoms with Gasteiger partial charge in [-0.15, -0.1) is 0 Å². The molecule has 1 amide bonds. The number of anilines is 1. The van der Waals surface area contributed by atoms with E-state index in [0.29, 0.717) is 44.0 Å². The van der Waals surface area contributed by atoms with E-state index in [2.05, 4.69) is 0 Å². The van der Waals surface area contributed by atoms with Gasteiger partial charge in [-0.05, 0) is 30.3 Å². The number of halogens is 1. The summed E-state index contributed by atoms with van der Waals surface area (Å²) in [7, 11) is 0. The Bertz CT molecular complexity index is 969. The maximum Gasteiger partial charge on any atom is 0.254 e. The van der Waals surface area contributed by atoms with Crippen molar-refractivity contribution in [3.8, 4) is 5.75 Å². The van der Waals surface area contributed by atoms with Gasteiger partial charge in [-0.2, -0.15) is 0 Å². The first kappa shape index (κ1) is 19.0. The number of carbonyl (C=O) groups is 1. The molecule has 1 aliphatic heterocycles. The van der Waals surface area contributed by atoms with Crippen molar-refractivity contribution in [2.24, 2.45) is 0 Å². The molecule has 29 heavy (non-hydrogen) atoms. The summed E-state index contributed by atoms with van der Waals surface area (Å²) in [6, 6.07) is 23.9. The molecule has 3 aromatic carbocycles. The van der Waals surface area contributed by atoms with Crippen molar-refractivity contribution in [2.45, 2.75) is 6.61 Å². The van der Waals surface area contributed by atoms with Crippen molar-refractivity contribution in [3.05, 3.63) is 95.8 Å². The van der Waals surface area contributed by atoms with Gasteiger partial charge in [-0.25, -0.2) is 4.39 Å². The lowest BCUT2D eigenvalue weighted by Gasteiger charge is -2.36. The summed E-state index contributed by atoms with van der Waals surface area (Å²) < 4.78 is 19.9. The maximum atomic E-state index is 14.0. The van der Waals surface area contributed by atoms with Gasteiger partial charge in [-0.1, -0.05) is 48.5 Å². The van der Waals surface area contributed by atoms with Gasteiger partial charge in [0.1, 0.15) is 18.2 Å². The third-order valence-corrected chi connectivity index (χ3v) is 5.15. The summed E-state index contributed by atoms with van der Waals surface area (Å²) >= 11 is 0. The number of para-hydroxylation sites is 2. The van der Waals surface area contributed by atoms with Crippen LogP contribution in [0.5, 0.6) is 5.75 Å². The Labute approximate surface area is 170 Å². The molecule has 0 unspecified atom stereocenters. The number of piperazine rings is 1. The molecule has 0 N–H and O–H groups in total. The second-order valence-electron chi connectivity index (χ2n) is 6.99. The van der Waals surface area contributed by atoms with Crippen LogP contribution in [-0.2, 0) is 6.61 Å². The monoisotopic (exact) mass is 390 g/mol. The fourth-order valence-electron chi connectivity index (χ4n) is 3.56. The second kappa shape index (κ2) is 8.78. The van der Waals surface area contributed by atoms with Crippen LogP contribution < -0.4 is 9.64 Å². The van der Waals surface area contributed by atoms with Gasteiger partial charge < -0.3 is 14.5 Å². The number of nitrogens with zero attached hydrogens (tertiary/aromatic N) is 2. The number of hydrogen-bond donors (Lipinski definition) is 0. The highest BCUT2D eigenvalue weighted by atomic mass is 19.1. The van der Waals surface area contributed by atoms with E-state index in [-0.39, 0.29) is 11.7 Å². The number of carbonyl (C=O) groups excluding carboxylic acids is 1. The molecule has 148 valence electrons. The van der Waals surface area contributed by atoms with Gasteiger partial charge in [0.2, 0.25) is 0 Å². The summed E-state index contributed by atoms with van der Waals surface area (Å²) in [5.74, 6) is 0.536. The zero-order chi connectivity index (χ0) is 20.1. The van der Waals surface area contributed by atoms with Crippen molar-refractivity contribution in [2.75, 3.05) is 31.1 Å². The molecule has 0 atom stereocenters. The first-order valence-corrected chi connectivity index (χ1v) is 9.77. The molecule has 3 aromatic rings. The third-order valence-electron chi connectivity index (χ3n) is 5.15. The van der Waals surface area contributed by atoms with Gasteiger partial charge >= 0.3 is 0 Å². The molecule has 1 aliphatic rings. The lowest BCUT2D eigenvalue weighted by Crippen LogP contribution is -2.49. The summed E-state index contributed by atoms with van der Waals surface area (Å²) in [5.41, 5.74) is 2.11. The number of ether oxygens (including phenoxy) is 1. The average molecular weight is 390 g/mol. The zero-order valence-corrected chi connectivity index (χ0v) is 16.1. The molecule has 0 spiro atoms. The lowest BCUT2D eigenvalue weighted by atomic mass is 10.1. The summed E-state index contributed by atoms with van der Waals surface area (Å²) in [5, 5.41) is 0. The molecule has 0 radical (unpaired) electrons. The van der Waals surface area contributed by atoms with Crippen LogP contribution >= 0.6 is 0 Å². The highest BCUT2D eigenvalue weighted by molar-refractivity contribution is 5.95. The van der Waals surface area contributed by atoms with E-state index < -0.39 is 0 Å². The van der Waals surface area contributed by atoms with E-state index in [0.717, 1.165) is 11.3 Å². The molecule has 1 saturated heterocycles. The molecule has 4 nitrogen and oxygen atoms in total. The summed E-state index contributed by atoms with van der Waals surface area (Å²) in [6.07, 6.45) is 0. The number of hydrogen-bond acceptors (Lipinski definition) is 3. The minimum Gasteiger partial charge on any atom is -0.489 e. The molecule has 4 rings (SSSR count). The molecular weight excluding hydrogens is 367 g/mol. The van der Waals surface area contributed by atoms with E-state index in [1.165, 1.54) is 6.07 Å². The van der Waals surface area contributed by atoms with Crippen LogP contribution in [0.1, 0.15) is 15.9 Å². The minimum atomic E-state index is -0.226. The number of rotatable bonds is 5. The predicted molar refractivity (Wildman–Crippen MR) is 112 cm³/mol. The van der Waals surface area contributed by atoms with E-state index in [1.54, 1.807) is 12.1 Å². The van der Waals surface area contributed by atoms with Crippen LogP contribution in [0.25, 0.3) is 0 Å². The Balaban J connectivity index is 1.42. The van der Waals surface area contributed by atoms with E-state index in [1.807, 2.05) is 70.5 Å². The first-order chi connectivity index (χ1) is 14.2. The van der Waals surface area contributed by atoms with E-state index in [4.69, 9.17) is 4.74 Å². The predicted octanol–water partition coefficient (Wildman–Crippen LogP) is 4.37. The lowest BCUT2D eigenvalue weighted by molar-refractivity contribution is 0.0744. The maximum absolute atomic E-state index is 14.0. The molecule has 0 aliphatic carbocycles. The molecule has 0 aromatic heterocycles. The second-order valence-corrected chi connectivity index (χ2v) is 6.99. The van der Waals surface area contributed by atoms with Gasteiger partial charge in [-0.3, -0.25) is 4.79 Å². The fourth-order valence-corrected chi connectivity index (χ4v) is 3.56. The van der Waals surface area contributed by atoms with Gasteiger partial charge in [0.05, 0.1) is 5.69 Å². The van der Waals surface area contributed by atoms with Gasteiger partial charge in [0.15, 0.2) is 0 Å². The molecular formula is C24H23FN2O2. The zero-order valence-electron chi connectivity index (χ0n) is 16.1. The van der Waals surface area contributed by atoms with Crippen LogP contribution in [0.2, 0.25) is 0 Å². The SMILES string of the molecule is O=C(c1ccccc1COc1ccccc1)N1CCN(c2ccccc2F)CC1. The normalized spacial score (nSPS) is 14.0. The van der Waals surface area contributed by atoms with Crippen molar-refractivity contribution in [1.82, 2.24) is 4.90 Å². The highest BCUT2D eigenvalue weighted by Gasteiger charge is 2.24. The molecule has 0 bridgehead atoms. The Morgan fingerprint density at radius 1 is 0.828 bits per heavy atom. The Hall–Kier alpha value is -3.34. The van der Waals surface area contributed by atoms with Gasteiger partial charge in [0, 0.05) is 37.3 Å². The molecule has 1 heterocycles. The summed E-state index contributed by atoms with van der Waals surface area (Å²) in [4.78, 5) is 16.9. The fraction of sp³-hybridized carbons (Fsp3) is 0.208. The van der Waals surface area contributed by atoms with Crippen molar-refractivity contribution in [1.29, 1.82) is 0 Å².